The Balaban J connectivity index is 1.80. The van der Waals surface area contributed by atoms with E-state index in [2.05, 4.69) is 12.1 Å². The number of para-hydroxylation sites is 1. The highest BCUT2D eigenvalue weighted by Gasteiger charge is 2.56. The SMILES string of the molecule is COC(=O)C1=NN(c2ccc(C)cc2)C2(S1)c1ccccc1C(C)=NN2c1ccccc1. The van der Waals surface area contributed by atoms with Gasteiger partial charge in [-0.3, -0.25) is 0 Å². The van der Waals surface area contributed by atoms with Gasteiger partial charge >= 0.3 is 5.97 Å². The van der Waals surface area contributed by atoms with Crippen LogP contribution in [-0.2, 0) is 14.5 Å². The Bertz CT molecular complexity index is 1240. The van der Waals surface area contributed by atoms with E-state index in [9.17, 15) is 4.79 Å². The summed E-state index contributed by atoms with van der Waals surface area (Å²) in [5.41, 5.74) is 5.81. The molecule has 0 radical (unpaired) electrons. The third kappa shape index (κ3) is 3.08. The molecular weight excluding hydrogens is 420 g/mol. The number of thioether (sulfide) groups is 1. The first kappa shape index (κ1) is 20.3. The van der Waals surface area contributed by atoms with E-state index in [-0.39, 0.29) is 5.04 Å². The first-order valence-electron chi connectivity index (χ1n) is 10.3. The monoisotopic (exact) mass is 442 g/mol. The number of benzene rings is 3. The summed E-state index contributed by atoms with van der Waals surface area (Å²) in [6.07, 6.45) is 0. The van der Waals surface area contributed by atoms with Crippen molar-refractivity contribution in [3.63, 3.8) is 0 Å². The molecule has 6 nitrogen and oxygen atoms in total. The van der Waals surface area contributed by atoms with Crippen molar-refractivity contribution in [2.75, 3.05) is 17.1 Å². The lowest BCUT2D eigenvalue weighted by Crippen LogP contribution is -2.53. The molecule has 3 aromatic carbocycles. The van der Waals surface area contributed by atoms with Gasteiger partial charge in [0.15, 0.2) is 0 Å². The minimum atomic E-state index is -0.934. The third-order valence-corrected chi connectivity index (χ3v) is 6.85. The van der Waals surface area contributed by atoms with Crippen LogP contribution in [0, 0.1) is 6.92 Å². The summed E-state index contributed by atoms with van der Waals surface area (Å²) < 4.78 is 5.05. The highest BCUT2D eigenvalue weighted by molar-refractivity contribution is 8.16. The van der Waals surface area contributed by atoms with Crippen LogP contribution in [0.3, 0.4) is 0 Å². The van der Waals surface area contributed by atoms with Gasteiger partial charge in [0.05, 0.1) is 24.2 Å². The second-order valence-electron chi connectivity index (χ2n) is 7.63. The number of carbonyl (C=O) groups is 1. The maximum Gasteiger partial charge on any atom is 0.365 e. The van der Waals surface area contributed by atoms with Crippen molar-refractivity contribution < 1.29 is 9.53 Å². The van der Waals surface area contributed by atoms with Gasteiger partial charge in [-0.25, -0.2) is 14.8 Å². The molecule has 2 heterocycles. The fourth-order valence-electron chi connectivity index (χ4n) is 4.02. The van der Waals surface area contributed by atoms with Gasteiger partial charge in [-0.2, -0.15) is 10.2 Å². The number of esters is 1. The number of carbonyl (C=O) groups excluding carboxylic acids is 1. The number of hydrogen-bond acceptors (Lipinski definition) is 7. The van der Waals surface area contributed by atoms with Gasteiger partial charge in [-0.15, -0.1) is 0 Å². The van der Waals surface area contributed by atoms with Gasteiger partial charge < -0.3 is 4.74 Å². The van der Waals surface area contributed by atoms with Crippen molar-refractivity contribution in [1.82, 2.24) is 0 Å². The highest BCUT2D eigenvalue weighted by atomic mass is 32.2. The number of anilines is 2. The summed E-state index contributed by atoms with van der Waals surface area (Å²) in [6, 6.07) is 26.2. The molecule has 0 fully saturated rings. The maximum absolute atomic E-state index is 12.6. The quantitative estimate of drug-likeness (QED) is 0.529. The van der Waals surface area contributed by atoms with Gasteiger partial charge in [-0.1, -0.05) is 60.2 Å². The third-order valence-electron chi connectivity index (χ3n) is 5.56. The van der Waals surface area contributed by atoms with Crippen LogP contribution in [0.1, 0.15) is 23.6 Å². The van der Waals surface area contributed by atoms with Gasteiger partial charge in [0.1, 0.15) is 0 Å². The fourth-order valence-corrected chi connectivity index (χ4v) is 5.33. The predicted molar refractivity (Wildman–Crippen MR) is 130 cm³/mol. The van der Waals surface area contributed by atoms with Gasteiger partial charge in [0.2, 0.25) is 10.0 Å². The van der Waals surface area contributed by atoms with Crippen LogP contribution in [0.4, 0.5) is 11.4 Å². The number of rotatable bonds is 3. The number of fused-ring (bicyclic) bond motifs is 2. The Morgan fingerprint density at radius 2 is 1.47 bits per heavy atom. The molecule has 1 atom stereocenters. The normalized spacial score (nSPS) is 19.5. The number of methoxy groups -OCH3 is 1. The van der Waals surface area contributed by atoms with E-state index in [1.54, 1.807) is 0 Å². The Hall–Kier alpha value is -3.58. The van der Waals surface area contributed by atoms with Crippen molar-refractivity contribution in [3.8, 4) is 0 Å². The first-order valence-corrected chi connectivity index (χ1v) is 11.1. The van der Waals surface area contributed by atoms with Gasteiger partial charge in [0, 0.05) is 11.1 Å². The number of aryl methyl sites for hydroxylation is 1. The molecule has 0 aliphatic carbocycles. The van der Waals surface area contributed by atoms with Crippen LogP contribution in [0.2, 0.25) is 0 Å². The van der Waals surface area contributed by atoms with Crippen molar-refractivity contribution in [3.05, 3.63) is 95.6 Å². The zero-order chi connectivity index (χ0) is 22.3. The Labute approximate surface area is 191 Å². The molecule has 5 rings (SSSR count). The van der Waals surface area contributed by atoms with E-state index in [0.29, 0.717) is 0 Å². The topological polar surface area (TPSA) is 57.5 Å². The minimum Gasteiger partial charge on any atom is -0.464 e. The molecule has 0 saturated heterocycles. The van der Waals surface area contributed by atoms with Crippen LogP contribution < -0.4 is 10.0 Å². The summed E-state index contributed by atoms with van der Waals surface area (Å²) in [4.78, 5) is 11.7. The number of ether oxygens (including phenoxy) is 1. The van der Waals surface area contributed by atoms with Crippen molar-refractivity contribution in [2.24, 2.45) is 10.2 Å². The molecule has 0 amide bonds. The lowest BCUT2D eigenvalue weighted by Gasteiger charge is -2.46. The zero-order valence-electron chi connectivity index (χ0n) is 18.0. The van der Waals surface area contributed by atoms with Crippen LogP contribution in [0.25, 0.3) is 0 Å². The number of hydrazone groups is 2. The van der Waals surface area contributed by atoms with Gasteiger partial charge in [-0.05, 0) is 49.9 Å². The first-order chi connectivity index (χ1) is 15.5. The highest BCUT2D eigenvalue weighted by Crippen LogP contribution is 2.54. The van der Waals surface area contributed by atoms with Crippen LogP contribution >= 0.6 is 11.8 Å². The molecular formula is C25H22N4O2S. The molecule has 0 bridgehead atoms. The number of hydrogen-bond donors (Lipinski definition) is 0. The smallest absolute Gasteiger partial charge is 0.365 e. The van der Waals surface area contributed by atoms with Crippen molar-refractivity contribution in [2.45, 2.75) is 18.8 Å². The van der Waals surface area contributed by atoms with E-state index in [1.165, 1.54) is 18.9 Å². The Morgan fingerprint density at radius 3 is 2.19 bits per heavy atom. The molecule has 0 aromatic heterocycles. The molecule has 1 spiro atoms. The molecule has 0 N–H and O–H groups in total. The Kier molecular flexibility index (Phi) is 4.98. The fraction of sp³-hybridized carbons (Fsp3) is 0.160. The molecule has 2 aliphatic rings. The minimum absolute atomic E-state index is 0.276. The van der Waals surface area contributed by atoms with E-state index < -0.39 is 11.0 Å². The lowest BCUT2D eigenvalue weighted by atomic mass is 9.98. The maximum atomic E-state index is 12.6. The summed E-state index contributed by atoms with van der Waals surface area (Å²) in [6.45, 7) is 4.04. The van der Waals surface area contributed by atoms with Crippen LogP contribution in [-0.4, -0.2) is 23.8 Å². The molecule has 1 unspecified atom stereocenters. The number of nitrogens with zero attached hydrogens (tertiary/aromatic N) is 4. The van der Waals surface area contributed by atoms with Crippen LogP contribution in [0.5, 0.6) is 0 Å². The predicted octanol–water partition coefficient (Wildman–Crippen LogP) is 5.09. The Morgan fingerprint density at radius 1 is 0.844 bits per heavy atom. The van der Waals surface area contributed by atoms with E-state index >= 15 is 0 Å². The van der Waals surface area contributed by atoms with Crippen molar-refractivity contribution in [1.29, 1.82) is 0 Å². The largest absolute Gasteiger partial charge is 0.464 e. The molecule has 0 saturated carbocycles. The molecule has 2 aliphatic heterocycles. The van der Waals surface area contributed by atoms with E-state index in [0.717, 1.165) is 33.8 Å². The van der Waals surface area contributed by atoms with Gasteiger partial charge in [0.25, 0.3) is 0 Å². The average molecular weight is 443 g/mol. The molecule has 7 heteroatoms. The molecule has 160 valence electrons. The summed E-state index contributed by atoms with van der Waals surface area (Å²) in [7, 11) is 1.37. The summed E-state index contributed by atoms with van der Waals surface area (Å²) in [5.74, 6) is -0.472. The van der Waals surface area contributed by atoms with E-state index in [4.69, 9.17) is 14.9 Å². The second kappa shape index (κ2) is 7.84. The van der Waals surface area contributed by atoms with Crippen molar-refractivity contribution >= 4 is 39.9 Å². The second-order valence-corrected chi connectivity index (χ2v) is 8.79. The summed E-state index contributed by atoms with van der Waals surface area (Å²) >= 11 is 1.34. The van der Waals surface area contributed by atoms with E-state index in [1.807, 2.05) is 90.6 Å². The molecule has 3 aromatic rings. The zero-order valence-corrected chi connectivity index (χ0v) is 18.8. The summed E-state index contributed by atoms with van der Waals surface area (Å²) in [5, 5.41) is 13.9. The lowest BCUT2D eigenvalue weighted by molar-refractivity contribution is -0.132. The standard InChI is InChI=1S/C25H22N4O2S/c1-17-13-15-20(16-14-17)29-25(32-23(27-29)24(30)31-3)22-12-8-7-11-21(22)18(2)26-28(25)19-9-5-4-6-10-19/h4-16H,1-3H3. The molecule has 32 heavy (non-hydrogen) atoms. The average Bonchev–Trinajstić information content (AvgIpc) is 3.23. The van der Waals surface area contributed by atoms with Crippen LogP contribution in [0.15, 0.2) is 89.1 Å².